The number of hydrogen-bond donors (Lipinski definition) is 1. The standard InChI is InChI=1S/C21H26FNO2S/c1-2-26(24,25)23-15-17-10-11-18-7-3-4-8-19(21(18)14-17)12-16-6-5-9-20(22)13-16/h5-6,9-11,13-14,19,23H,2-4,7-8,12,15H2,1H3. The summed E-state index contributed by atoms with van der Waals surface area (Å²) in [4.78, 5) is 0. The SMILES string of the molecule is CCS(=O)(=O)NCc1ccc2c(c1)C(Cc1cccc(F)c1)CCCC2. The predicted molar refractivity (Wildman–Crippen MR) is 103 cm³/mol. The van der Waals surface area contributed by atoms with E-state index in [4.69, 9.17) is 0 Å². The number of hydrogen-bond acceptors (Lipinski definition) is 2. The lowest BCUT2D eigenvalue weighted by Gasteiger charge is -2.19. The van der Waals surface area contributed by atoms with Crippen LogP contribution in [0.5, 0.6) is 0 Å². The molecule has 1 atom stereocenters. The molecule has 0 aliphatic heterocycles. The average Bonchev–Trinajstić information content (AvgIpc) is 2.82. The maximum absolute atomic E-state index is 13.5. The first-order valence-corrected chi connectivity index (χ1v) is 11.0. The van der Waals surface area contributed by atoms with Crippen LogP contribution in [0.2, 0.25) is 0 Å². The third kappa shape index (κ3) is 4.92. The van der Waals surface area contributed by atoms with Crippen LogP contribution in [0.1, 0.15) is 54.4 Å². The van der Waals surface area contributed by atoms with Crippen LogP contribution in [-0.2, 0) is 29.4 Å². The van der Waals surface area contributed by atoms with Crippen molar-refractivity contribution in [1.29, 1.82) is 0 Å². The van der Waals surface area contributed by atoms with Crippen molar-refractivity contribution < 1.29 is 12.8 Å². The van der Waals surface area contributed by atoms with Gasteiger partial charge in [-0.25, -0.2) is 17.5 Å². The van der Waals surface area contributed by atoms with Crippen molar-refractivity contribution in [2.24, 2.45) is 0 Å². The summed E-state index contributed by atoms with van der Waals surface area (Å²) >= 11 is 0. The Morgan fingerprint density at radius 3 is 2.73 bits per heavy atom. The van der Waals surface area contributed by atoms with Gasteiger partial charge in [-0.2, -0.15) is 0 Å². The van der Waals surface area contributed by atoms with Crippen LogP contribution < -0.4 is 4.72 Å². The monoisotopic (exact) mass is 375 g/mol. The lowest BCUT2D eigenvalue weighted by Crippen LogP contribution is -2.24. The molecule has 3 rings (SSSR count). The summed E-state index contributed by atoms with van der Waals surface area (Å²) < 4.78 is 39.6. The zero-order valence-electron chi connectivity index (χ0n) is 15.2. The van der Waals surface area contributed by atoms with Crippen LogP contribution in [0.15, 0.2) is 42.5 Å². The Kier molecular flexibility index (Phi) is 6.09. The molecule has 140 valence electrons. The summed E-state index contributed by atoms with van der Waals surface area (Å²) in [7, 11) is -3.20. The number of halogens is 1. The van der Waals surface area contributed by atoms with Gasteiger partial charge in [0.15, 0.2) is 0 Å². The van der Waals surface area contributed by atoms with Crippen molar-refractivity contribution in [2.45, 2.75) is 51.5 Å². The van der Waals surface area contributed by atoms with Gasteiger partial charge in [0.05, 0.1) is 5.75 Å². The quantitative estimate of drug-likeness (QED) is 0.765. The highest BCUT2D eigenvalue weighted by molar-refractivity contribution is 7.89. The van der Waals surface area contributed by atoms with E-state index in [9.17, 15) is 12.8 Å². The van der Waals surface area contributed by atoms with Gasteiger partial charge in [0.25, 0.3) is 0 Å². The molecule has 1 aliphatic rings. The first-order valence-electron chi connectivity index (χ1n) is 9.30. The molecule has 2 aromatic carbocycles. The van der Waals surface area contributed by atoms with Gasteiger partial charge in [0, 0.05) is 6.54 Å². The summed E-state index contributed by atoms with van der Waals surface area (Å²) in [6.45, 7) is 1.95. The van der Waals surface area contributed by atoms with E-state index >= 15 is 0 Å². The second kappa shape index (κ2) is 8.31. The van der Waals surface area contributed by atoms with Crippen molar-refractivity contribution in [1.82, 2.24) is 4.72 Å². The Labute approximate surface area is 155 Å². The molecule has 3 nitrogen and oxygen atoms in total. The van der Waals surface area contributed by atoms with E-state index in [1.54, 1.807) is 19.1 Å². The molecule has 0 fully saturated rings. The molecule has 0 spiro atoms. The van der Waals surface area contributed by atoms with Gasteiger partial charge in [-0.15, -0.1) is 0 Å². The van der Waals surface area contributed by atoms with Gasteiger partial charge in [0.2, 0.25) is 10.0 Å². The number of nitrogens with one attached hydrogen (secondary N) is 1. The molecule has 0 saturated heterocycles. The van der Waals surface area contributed by atoms with E-state index in [1.165, 1.54) is 17.2 Å². The number of rotatable bonds is 6. The van der Waals surface area contributed by atoms with Gasteiger partial charge in [-0.1, -0.05) is 36.8 Å². The zero-order chi connectivity index (χ0) is 18.6. The number of benzene rings is 2. The van der Waals surface area contributed by atoms with E-state index in [0.29, 0.717) is 12.5 Å². The molecular formula is C21H26FNO2S. The average molecular weight is 376 g/mol. The fourth-order valence-electron chi connectivity index (χ4n) is 3.68. The summed E-state index contributed by atoms with van der Waals surface area (Å²) in [5, 5.41) is 0. The van der Waals surface area contributed by atoms with Crippen LogP contribution in [0.25, 0.3) is 0 Å². The zero-order valence-corrected chi connectivity index (χ0v) is 16.0. The predicted octanol–water partition coefficient (Wildman–Crippen LogP) is 4.32. The van der Waals surface area contributed by atoms with E-state index in [2.05, 4.69) is 16.9 Å². The molecule has 1 N–H and O–H groups in total. The molecule has 5 heteroatoms. The lowest BCUT2D eigenvalue weighted by molar-refractivity contribution is 0.581. The van der Waals surface area contributed by atoms with E-state index in [1.807, 2.05) is 12.1 Å². The Balaban J connectivity index is 1.84. The Morgan fingerprint density at radius 2 is 1.96 bits per heavy atom. The molecule has 2 aromatic rings. The van der Waals surface area contributed by atoms with Crippen LogP contribution in [0.4, 0.5) is 4.39 Å². The largest absolute Gasteiger partial charge is 0.212 e. The van der Waals surface area contributed by atoms with E-state index in [0.717, 1.165) is 43.2 Å². The molecule has 0 bridgehead atoms. The Bertz CT molecular complexity index is 864. The second-order valence-electron chi connectivity index (χ2n) is 7.03. The number of aryl methyl sites for hydroxylation is 1. The van der Waals surface area contributed by atoms with Crippen molar-refractivity contribution in [3.05, 3.63) is 70.5 Å². The highest BCUT2D eigenvalue weighted by Crippen LogP contribution is 2.34. The normalized spacial score (nSPS) is 17.5. The third-order valence-electron chi connectivity index (χ3n) is 5.15. The van der Waals surface area contributed by atoms with Gasteiger partial charge >= 0.3 is 0 Å². The van der Waals surface area contributed by atoms with Crippen LogP contribution >= 0.6 is 0 Å². The molecular weight excluding hydrogens is 349 g/mol. The summed E-state index contributed by atoms with van der Waals surface area (Å²) in [5.74, 6) is 0.233. The molecule has 0 saturated carbocycles. The maximum Gasteiger partial charge on any atom is 0.211 e. The highest BCUT2D eigenvalue weighted by atomic mass is 32.2. The molecule has 26 heavy (non-hydrogen) atoms. The lowest BCUT2D eigenvalue weighted by atomic mass is 9.86. The maximum atomic E-state index is 13.5. The summed E-state index contributed by atoms with van der Waals surface area (Å²) in [5.41, 5.74) is 4.62. The van der Waals surface area contributed by atoms with Crippen molar-refractivity contribution in [3.63, 3.8) is 0 Å². The van der Waals surface area contributed by atoms with Gasteiger partial charge in [0.1, 0.15) is 5.82 Å². The molecule has 1 unspecified atom stereocenters. The van der Waals surface area contributed by atoms with Crippen molar-refractivity contribution in [2.75, 3.05) is 5.75 Å². The smallest absolute Gasteiger partial charge is 0.211 e. The Hall–Kier alpha value is -1.72. The number of fused-ring (bicyclic) bond motifs is 1. The van der Waals surface area contributed by atoms with E-state index < -0.39 is 10.0 Å². The minimum atomic E-state index is -3.20. The second-order valence-corrected chi connectivity index (χ2v) is 9.13. The van der Waals surface area contributed by atoms with Gasteiger partial charge < -0.3 is 0 Å². The third-order valence-corrected chi connectivity index (χ3v) is 6.49. The fraction of sp³-hybridized carbons (Fsp3) is 0.429. The topological polar surface area (TPSA) is 46.2 Å². The van der Waals surface area contributed by atoms with Gasteiger partial charge in [-0.3, -0.25) is 0 Å². The molecule has 1 aliphatic carbocycles. The first-order chi connectivity index (χ1) is 12.5. The van der Waals surface area contributed by atoms with Gasteiger partial charge in [-0.05, 0) is 72.9 Å². The van der Waals surface area contributed by atoms with Crippen molar-refractivity contribution in [3.8, 4) is 0 Å². The molecule has 0 amide bonds. The van der Waals surface area contributed by atoms with Crippen LogP contribution in [0.3, 0.4) is 0 Å². The minimum absolute atomic E-state index is 0.0835. The molecule has 0 aromatic heterocycles. The molecule has 0 heterocycles. The van der Waals surface area contributed by atoms with Crippen molar-refractivity contribution >= 4 is 10.0 Å². The summed E-state index contributed by atoms with van der Waals surface area (Å²) in [6, 6.07) is 13.1. The van der Waals surface area contributed by atoms with Crippen LogP contribution in [0, 0.1) is 5.82 Å². The number of sulfonamides is 1. The highest BCUT2D eigenvalue weighted by Gasteiger charge is 2.20. The first kappa shape index (κ1) is 19.1. The van der Waals surface area contributed by atoms with Crippen LogP contribution in [-0.4, -0.2) is 14.2 Å². The minimum Gasteiger partial charge on any atom is -0.212 e. The Morgan fingerprint density at radius 1 is 1.12 bits per heavy atom. The van der Waals surface area contributed by atoms with E-state index in [-0.39, 0.29) is 11.6 Å². The fourth-order valence-corrected chi connectivity index (χ4v) is 4.27. The summed E-state index contributed by atoms with van der Waals surface area (Å²) in [6.07, 6.45) is 5.26. The molecule has 0 radical (unpaired) electrons.